The summed E-state index contributed by atoms with van der Waals surface area (Å²) in [4.78, 5) is 35.0. The molecule has 0 aliphatic rings. The van der Waals surface area contributed by atoms with Gasteiger partial charge in [-0.2, -0.15) is 13.2 Å². The highest BCUT2D eigenvalue weighted by Crippen LogP contribution is 2.34. The quantitative estimate of drug-likeness (QED) is 0.209. The number of aromatic nitrogens is 2. The number of benzene rings is 2. The molecule has 0 saturated heterocycles. The highest BCUT2D eigenvalue weighted by molar-refractivity contribution is 9.10. The molecule has 0 aliphatic heterocycles. The van der Waals surface area contributed by atoms with Crippen molar-refractivity contribution < 1.29 is 27.9 Å². The summed E-state index contributed by atoms with van der Waals surface area (Å²) < 4.78 is 38.8. The van der Waals surface area contributed by atoms with Crippen LogP contribution in [0, 0.1) is 6.92 Å². The Morgan fingerprint density at radius 1 is 1.11 bits per heavy atom. The summed E-state index contributed by atoms with van der Waals surface area (Å²) in [6.45, 7) is 3.47. The molecule has 0 aliphatic carbocycles. The number of hydrogen-bond acceptors (Lipinski definition) is 7. The van der Waals surface area contributed by atoms with Crippen LogP contribution in [-0.2, 0) is 17.4 Å². The van der Waals surface area contributed by atoms with Crippen molar-refractivity contribution in [1.82, 2.24) is 9.97 Å². The van der Waals surface area contributed by atoms with Crippen molar-refractivity contribution in [3.8, 4) is 10.6 Å². The van der Waals surface area contributed by atoms with E-state index in [2.05, 4.69) is 36.5 Å². The molecule has 1 atom stereocenters. The van der Waals surface area contributed by atoms with Crippen LogP contribution in [0.25, 0.3) is 10.6 Å². The molecule has 3 N–H and O–H groups in total. The van der Waals surface area contributed by atoms with Crippen molar-refractivity contribution in [2.45, 2.75) is 32.5 Å². The van der Waals surface area contributed by atoms with Gasteiger partial charge in [0.1, 0.15) is 11.1 Å². The van der Waals surface area contributed by atoms with Crippen molar-refractivity contribution in [2.75, 3.05) is 10.6 Å². The lowest BCUT2D eigenvalue weighted by Crippen LogP contribution is -2.16. The van der Waals surface area contributed by atoms with Crippen LogP contribution in [0.5, 0.6) is 0 Å². The van der Waals surface area contributed by atoms with Gasteiger partial charge in [-0.15, -0.1) is 22.7 Å². The Balaban J connectivity index is 1.41. The Bertz CT molecular complexity index is 1480. The van der Waals surface area contributed by atoms with E-state index < -0.39 is 23.8 Å². The average Bonchev–Trinajstić information content (AvgIpc) is 3.44. The van der Waals surface area contributed by atoms with Gasteiger partial charge in [0.15, 0.2) is 5.13 Å². The van der Waals surface area contributed by atoms with Gasteiger partial charge in [-0.1, -0.05) is 15.9 Å². The number of alkyl halides is 3. The molecule has 0 spiro atoms. The Kier molecular flexibility index (Phi) is 8.31. The number of carbonyl (C=O) groups excluding carboxylic acids is 2. The molecule has 2 aromatic carbocycles. The Morgan fingerprint density at radius 2 is 1.82 bits per heavy atom. The van der Waals surface area contributed by atoms with Gasteiger partial charge < -0.3 is 15.7 Å². The Hall–Kier alpha value is -3.13. The van der Waals surface area contributed by atoms with E-state index in [1.165, 1.54) is 40.9 Å². The summed E-state index contributed by atoms with van der Waals surface area (Å²) >= 11 is 5.93. The van der Waals surface area contributed by atoms with Crippen molar-refractivity contribution in [1.29, 1.82) is 0 Å². The van der Waals surface area contributed by atoms with Crippen LogP contribution in [0.4, 0.5) is 24.0 Å². The van der Waals surface area contributed by atoms with Gasteiger partial charge in [-0.05, 0) is 61.9 Å². The fourth-order valence-corrected chi connectivity index (χ4v) is 5.74. The SMILES string of the molecule is Cc1nc([C@H](C)O)sc1-c1csc(NC(=O)Cc2cc(Br)cc(C(=O)Nc3ccc(C(F)(F)F)cc3)c2)n1. The minimum Gasteiger partial charge on any atom is -0.386 e. The molecule has 38 heavy (non-hydrogen) atoms. The van der Waals surface area contributed by atoms with Crippen molar-refractivity contribution in [3.63, 3.8) is 0 Å². The monoisotopic (exact) mass is 624 g/mol. The number of nitrogens with zero attached hydrogens (tertiary/aromatic N) is 2. The van der Waals surface area contributed by atoms with Crippen LogP contribution in [0.3, 0.4) is 0 Å². The largest absolute Gasteiger partial charge is 0.416 e. The van der Waals surface area contributed by atoms with Crippen LogP contribution in [0.15, 0.2) is 52.3 Å². The van der Waals surface area contributed by atoms with Crippen molar-refractivity contribution >= 4 is 61.2 Å². The average molecular weight is 625 g/mol. The fraction of sp³-hybridized carbons (Fsp3) is 0.200. The van der Waals surface area contributed by atoms with Gasteiger partial charge in [0.05, 0.1) is 28.2 Å². The lowest BCUT2D eigenvalue weighted by Gasteiger charge is -2.10. The minimum absolute atomic E-state index is 0.0410. The van der Waals surface area contributed by atoms with Gasteiger partial charge >= 0.3 is 6.18 Å². The lowest BCUT2D eigenvalue weighted by molar-refractivity contribution is -0.137. The molecule has 4 aromatic rings. The third kappa shape index (κ3) is 6.84. The summed E-state index contributed by atoms with van der Waals surface area (Å²) in [6.07, 6.45) is -5.19. The number of rotatable bonds is 7. The standard InChI is InChI=1S/C25H20BrF3N4O3S2/c1-12-21(38-23(30-12)13(2)34)19-11-37-24(32-19)33-20(35)9-14-7-15(10-17(26)8-14)22(36)31-18-5-3-16(4-6-18)25(27,28)29/h3-8,10-11,13,34H,9H2,1-2H3,(H,31,36)(H,32,33,35)/t13-/m0/s1. The van der Waals surface area contributed by atoms with E-state index in [0.717, 1.165) is 22.7 Å². The van der Waals surface area contributed by atoms with Crippen LogP contribution in [0.1, 0.15) is 45.2 Å². The number of aliphatic hydroxyl groups excluding tert-OH is 1. The van der Waals surface area contributed by atoms with Gasteiger partial charge in [0.25, 0.3) is 5.91 Å². The number of thiazole rings is 2. The van der Waals surface area contributed by atoms with E-state index in [1.807, 2.05) is 6.92 Å². The zero-order valence-electron chi connectivity index (χ0n) is 19.9. The fourth-order valence-electron chi connectivity index (χ4n) is 3.45. The molecule has 198 valence electrons. The van der Waals surface area contributed by atoms with Crippen molar-refractivity contribution in [3.05, 3.63) is 79.7 Å². The maximum atomic E-state index is 12.8. The van der Waals surface area contributed by atoms with E-state index in [1.54, 1.807) is 24.4 Å². The van der Waals surface area contributed by atoms with E-state index in [4.69, 9.17) is 0 Å². The summed E-state index contributed by atoms with van der Waals surface area (Å²) in [5.74, 6) is -0.877. The maximum Gasteiger partial charge on any atom is 0.416 e. The molecule has 0 saturated carbocycles. The number of anilines is 2. The summed E-state index contributed by atoms with van der Waals surface area (Å²) in [6, 6.07) is 8.90. The summed E-state index contributed by atoms with van der Waals surface area (Å²) in [5.41, 5.74) is 1.56. The zero-order chi connectivity index (χ0) is 27.6. The molecule has 0 bridgehead atoms. The van der Waals surface area contributed by atoms with E-state index in [0.29, 0.717) is 25.9 Å². The first-order valence-corrected chi connectivity index (χ1v) is 13.6. The molecule has 2 heterocycles. The van der Waals surface area contributed by atoms with Gasteiger partial charge in [-0.3, -0.25) is 9.59 Å². The number of halogens is 4. The second-order valence-electron chi connectivity index (χ2n) is 8.28. The van der Waals surface area contributed by atoms with E-state index in [9.17, 15) is 27.9 Å². The normalized spacial score (nSPS) is 12.3. The maximum absolute atomic E-state index is 12.8. The molecule has 0 radical (unpaired) electrons. The number of carbonyl (C=O) groups is 2. The first-order chi connectivity index (χ1) is 17.9. The molecule has 7 nitrogen and oxygen atoms in total. The van der Waals surface area contributed by atoms with Crippen LogP contribution in [0.2, 0.25) is 0 Å². The number of aliphatic hydroxyl groups is 1. The predicted molar refractivity (Wildman–Crippen MR) is 144 cm³/mol. The highest BCUT2D eigenvalue weighted by atomic mass is 79.9. The second kappa shape index (κ2) is 11.3. The number of nitrogens with one attached hydrogen (secondary N) is 2. The highest BCUT2D eigenvalue weighted by Gasteiger charge is 2.30. The van der Waals surface area contributed by atoms with Crippen LogP contribution < -0.4 is 10.6 Å². The molecule has 0 fully saturated rings. The third-order valence-corrected chi connectivity index (χ3v) is 7.77. The van der Waals surface area contributed by atoms with E-state index in [-0.39, 0.29) is 23.6 Å². The first kappa shape index (κ1) is 27.9. The minimum atomic E-state index is -4.47. The molecule has 0 unspecified atom stereocenters. The molecule has 2 aromatic heterocycles. The topological polar surface area (TPSA) is 104 Å². The molecular weight excluding hydrogens is 605 g/mol. The zero-order valence-corrected chi connectivity index (χ0v) is 23.1. The smallest absolute Gasteiger partial charge is 0.386 e. The van der Waals surface area contributed by atoms with E-state index >= 15 is 0 Å². The van der Waals surface area contributed by atoms with Crippen molar-refractivity contribution in [2.24, 2.45) is 0 Å². The predicted octanol–water partition coefficient (Wildman–Crippen LogP) is 6.84. The molecule has 4 rings (SSSR count). The first-order valence-electron chi connectivity index (χ1n) is 11.1. The van der Waals surface area contributed by atoms with Gasteiger partial charge in [0.2, 0.25) is 5.91 Å². The molecule has 2 amide bonds. The van der Waals surface area contributed by atoms with Crippen LogP contribution >= 0.6 is 38.6 Å². The lowest BCUT2D eigenvalue weighted by atomic mass is 10.1. The number of amides is 2. The summed E-state index contributed by atoms with van der Waals surface area (Å²) in [5, 5.41) is 17.9. The molecular formula is C25H20BrF3N4O3S2. The van der Waals surface area contributed by atoms with Gasteiger partial charge in [-0.25, -0.2) is 9.97 Å². The third-order valence-electron chi connectivity index (χ3n) is 5.21. The second-order valence-corrected chi connectivity index (χ2v) is 11.1. The Labute approximate surface area is 231 Å². The van der Waals surface area contributed by atoms with Gasteiger partial charge in [0, 0.05) is 21.1 Å². The van der Waals surface area contributed by atoms with Crippen LogP contribution in [-0.4, -0.2) is 26.9 Å². The Morgan fingerprint density at radius 3 is 2.45 bits per heavy atom. The number of hydrogen-bond donors (Lipinski definition) is 3. The summed E-state index contributed by atoms with van der Waals surface area (Å²) in [7, 11) is 0. The number of aryl methyl sites for hydroxylation is 1. The molecule has 13 heteroatoms.